The van der Waals surface area contributed by atoms with Crippen LogP contribution in [0.15, 0.2) is 0 Å². The Morgan fingerprint density at radius 3 is 2.64 bits per heavy atom. The van der Waals surface area contributed by atoms with Crippen molar-refractivity contribution < 1.29 is 9.59 Å². The second kappa shape index (κ2) is 2.75. The van der Waals surface area contributed by atoms with E-state index in [-0.39, 0.29) is 29.3 Å². The smallest absolute Gasteiger partial charge is 0.230 e. The van der Waals surface area contributed by atoms with Crippen molar-refractivity contribution in [1.29, 1.82) is 0 Å². The average molecular weight is 192 g/mol. The second-order valence-electron chi connectivity index (χ2n) is 4.53. The largest absolute Gasteiger partial charge is 0.407 e. The Labute approximate surface area is 84.5 Å². The molecular formula is C9H13BN2O2. The summed E-state index contributed by atoms with van der Waals surface area (Å²) in [6.45, 7) is 3.61. The molecule has 14 heavy (non-hydrogen) atoms. The van der Waals surface area contributed by atoms with Gasteiger partial charge in [0, 0.05) is 13.0 Å². The highest BCUT2D eigenvalue weighted by molar-refractivity contribution is 6.15. The van der Waals surface area contributed by atoms with Crippen molar-refractivity contribution in [3.63, 3.8) is 0 Å². The zero-order valence-electron chi connectivity index (χ0n) is 8.41. The monoisotopic (exact) mass is 192 g/mol. The Morgan fingerprint density at radius 1 is 1.50 bits per heavy atom. The van der Waals surface area contributed by atoms with E-state index < -0.39 is 0 Å². The lowest BCUT2D eigenvalue weighted by Gasteiger charge is -2.24. The highest BCUT2D eigenvalue weighted by atomic mass is 16.2. The topological polar surface area (TPSA) is 49.4 Å². The van der Waals surface area contributed by atoms with E-state index >= 15 is 0 Å². The number of rotatable bonds is 1. The van der Waals surface area contributed by atoms with Crippen LogP contribution in [0.2, 0.25) is 0 Å². The van der Waals surface area contributed by atoms with Gasteiger partial charge < -0.3 is 10.1 Å². The molecule has 1 aliphatic heterocycles. The van der Waals surface area contributed by atoms with E-state index in [4.69, 9.17) is 7.98 Å². The van der Waals surface area contributed by atoms with E-state index in [1.807, 2.05) is 0 Å². The first kappa shape index (κ1) is 9.56. The third-order valence-corrected chi connectivity index (χ3v) is 3.44. The van der Waals surface area contributed by atoms with Crippen LogP contribution in [0.1, 0.15) is 26.7 Å². The molecule has 1 heterocycles. The first-order valence-corrected chi connectivity index (χ1v) is 4.79. The van der Waals surface area contributed by atoms with Gasteiger partial charge in [0.2, 0.25) is 19.8 Å². The third kappa shape index (κ3) is 1.15. The Bertz CT molecular complexity index is 307. The first-order chi connectivity index (χ1) is 6.49. The van der Waals surface area contributed by atoms with Crippen LogP contribution in [0.3, 0.4) is 0 Å². The molecule has 0 aromatic heterocycles. The molecule has 3 unspecified atom stereocenters. The average Bonchev–Trinajstić information content (AvgIpc) is 2.66. The van der Waals surface area contributed by atoms with Gasteiger partial charge in [0.15, 0.2) is 0 Å². The third-order valence-electron chi connectivity index (χ3n) is 3.44. The summed E-state index contributed by atoms with van der Waals surface area (Å²) >= 11 is 0. The van der Waals surface area contributed by atoms with Crippen LogP contribution in [0, 0.1) is 5.41 Å². The van der Waals surface area contributed by atoms with Gasteiger partial charge in [-0.3, -0.25) is 9.59 Å². The van der Waals surface area contributed by atoms with Crippen molar-refractivity contribution in [1.82, 2.24) is 10.1 Å². The Kier molecular flexibility index (Phi) is 1.88. The predicted molar refractivity (Wildman–Crippen MR) is 51.3 cm³/mol. The highest BCUT2D eigenvalue weighted by Gasteiger charge is 2.63. The van der Waals surface area contributed by atoms with Gasteiger partial charge in [0.05, 0.1) is 0 Å². The molecular weight excluding hydrogens is 179 g/mol. The Balaban J connectivity index is 2.19. The highest BCUT2D eigenvalue weighted by Crippen LogP contribution is 2.59. The summed E-state index contributed by atoms with van der Waals surface area (Å²) in [6.07, 6.45) is 1.75. The summed E-state index contributed by atoms with van der Waals surface area (Å²) in [4.78, 5) is 24.4. The molecule has 1 saturated heterocycles. The predicted octanol–water partition coefficient (Wildman–Crippen LogP) is -0.415. The van der Waals surface area contributed by atoms with Gasteiger partial charge in [0.25, 0.3) is 0 Å². The van der Waals surface area contributed by atoms with E-state index in [0.717, 1.165) is 12.8 Å². The van der Waals surface area contributed by atoms with Gasteiger partial charge in [-0.05, 0) is 18.3 Å². The minimum Gasteiger partial charge on any atom is -0.407 e. The molecule has 1 aliphatic carbocycles. The summed E-state index contributed by atoms with van der Waals surface area (Å²) in [6, 6.07) is -0.108. The van der Waals surface area contributed by atoms with E-state index in [1.165, 1.54) is 6.92 Å². The molecule has 2 aliphatic rings. The van der Waals surface area contributed by atoms with Crippen LogP contribution < -0.4 is 5.23 Å². The minimum atomic E-state index is -0.360. The SMILES string of the molecule is [B]NC(=O)C1CC2(C)CC2N1C(C)=O. The van der Waals surface area contributed by atoms with Crippen molar-refractivity contribution in [2.75, 3.05) is 0 Å². The van der Waals surface area contributed by atoms with E-state index in [9.17, 15) is 9.59 Å². The molecule has 2 radical (unpaired) electrons. The zero-order valence-corrected chi connectivity index (χ0v) is 8.41. The Morgan fingerprint density at radius 2 is 2.14 bits per heavy atom. The van der Waals surface area contributed by atoms with Crippen molar-refractivity contribution in [2.24, 2.45) is 5.41 Å². The maximum atomic E-state index is 11.4. The fourth-order valence-corrected chi connectivity index (χ4v) is 2.55. The number of fused-ring (bicyclic) bond motifs is 1. The minimum absolute atomic E-state index is 0.0372. The fraction of sp³-hybridized carbons (Fsp3) is 0.778. The summed E-state index contributed by atoms with van der Waals surface area (Å²) < 4.78 is 0. The lowest BCUT2D eigenvalue weighted by molar-refractivity contribution is -0.137. The maximum Gasteiger partial charge on any atom is 0.230 e. The number of nitrogens with zero attached hydrogens (tertiary/aromatic N) is 1. The molecule has 0 bridgehead atoms. The molecule has 3 atom stereocenters. The van der Waals surface area contributed by atoms with Gasteiger partial charge in [-0.1, -0.05) is 6.92 Å². The van der Waals surface area contributed by atoms with Crippen LogP contribution in [-0.4, -0.2) is 36.8 Å². The molecule has 2 rings (SSSR count). The van der Waals surface area contributed by atoms with Gasteiger partial charge in [-0.15, -0.1) is 0 Å². The fourth-order valence-electron chi connectivity index (χ4n) is 2.55. The quantitative estimate of drug-likeness (QED) is 0.574. The van der Waals surface area contributed by atoms with E-state index in [0.29, 0.717) is 0 Å². The summed E-state index contributed by atoms with van der Waals surface area (Å²) in [5, 5.41) is 2.12. The van der Waals surface area contributed by atoms with Crippen LogP contribution >= 0.6 is 0 Å². The normalized spacial score (nSPS) is 39.1. The van der Waals surface area contributed by atoms with Crippen molar-refractivity contribution in [3.8, 4) is 0 Å². The number of amides is 2. The van der Waals surface area contributed by atoms with Gasteiger partial charge >= 0.3 is 0 Å². The lowest BCUT2D eigenvalue weighted by Crippen LogP contribution is -2.46. The lowest BCUT2D eigenvalue weighted by atomic mass is 10.0. The number of carbonyl (C=O) groups excluding carboxylic acids is 2. The molecule has 74 valence electrons. The summed E-state index contributed by atoms with van der Waals surface area (Å²) in [7, 11) is 5.08. The van der Waals surface area contributed by atoms with Crippen molar-refractivity contribution in [2.45, 2.75) is 38.8 Å². The number of hydrogen-bond donors (Lipinski definition) is 1. The molecule has 4 nitrogen and oxygen atoms in total. The maximum absolute atomic E-state index is 11.4. The Hall–Kier alpha value is -0.995. The zero-order chi connectivity index (χ0) is 10.5. The number of piperidine rings is 1. The number of nitrogens with one attached hydrogen (secondary N) is 1. The van der Waals surface area contributed by atoms with Crippen molar-refractivity contribution >= 4 is 19.8 Å². The molecule has 2 fully saturated rings. The van der Waals surface area contributed by atoms with Gasteiger partial charge in [-0.2, -0.15) is 0 Å². The van der Waals surface area contributed by atoms with Crippen LogP contribution in [-0.2, 0) is 9.59 Å². The second-order valence-corrected chi connectivity index (χ2v) is 4.53. The van der Waals surface area contributed by atoms with Crippen LogP contribution in [0.5, 0.6) is 0 Å². The number of likely N-dealkylation sites (tertiary alicyclic amines) is 1. The van der Waals surface area contributed by atoms with Crippen LogP contribution in [0.4, 0.5) is 0 Å². The van der Waals surface area contributed by atoms with Crippen LogP contribution in [0.25, 0.3) is 0 Å². The van der Waals surface area contributed by atoms with E-state index in [2.05, 4.69) is 12.2 Å². The van der Waals surface area contributed by atoms with Crippen molar-refractivity contribution in [3.05, 3.63) is 0 Å². The molecule has 0 spiro atoms. The standard InChI is InChI=1S/C9H13BN2O2/c1-5(13)12-6(8(14)11-10)3-9(2)4-7(9)12/h6-7H,3-4H2,1-2H3,(H,11,14). The summed E-state index contributed by atoms with van der Waals surface area (Å²) in [5.41, 5.74) is 0.156. The number of hydrogen-bond acceptors (Lipinski definition) is 2. The molecule has 0 aromatic carbocycles. The van der Waals surface area contributed by atoms with Gasteiger partial charge in [-0.25, -0.2) is 0 Å². The molecule has 2 amide bonds. The molecule has 0 aromatic rings. The molecule has 1 saturated carbocycles. The van der Waals surface area contributed by atoms with Gasteiger partial charge in [0.1, 0.15) is 6.04 Å². The first-order valence-electron chi connectivity index (χ1n) is 4.79. The summed E-state index contributed by atoms with van der Waals surface area (Å²) in [5.74, 6) is -0.293. The molecule has 1 N–H and O–H groups in total. The number of carbonyl (C=O) groups is 2. The van der Waals surface area contributed by atoms with E-state index in [1.54, 1.807) is 4.90 Å². The molecule has 5 heteroatoms.